The quantitative estimate of drug-likeness (QED) is 0.878. The maximum atomic E-state index is 12.4. The highest BCUT2D eigenvalue weighted by molar-refractivity contribution is 5.83. The molecular formula is C16H24N2O. The lowest BCUT2D eigenvalue weighted by Gasteiger charge is -2.29. The Morgan fingerprint density at radius 1 is 1.42 bits per heavy atom. The second kappa shape index (κ2) is 5.33. The molecule has 104 valence electrons. The van der Waals surface area contributed by atoms with Crippen LogP contribution in [0.3, 0.4) is 0 Å². The standard InChI is InChI=1S/C16H24N2O/c1-11-6-8-13(9-7-11)12(2)18-15(19)16(3)10-4-5-14(16)17/h6-9,12,14H,4-5,10,17H2,1-3H3,(H,18,19). The number of hydrogen-bond donors (Lipinski definition) is 2. The molecule has 19 heavy (non-hydrogen) atoms. The fourth-order valence-electron chi connectivity index (χ4n) is 2.78. The van der Waals surface area contributed by atoms with Crippen molar-refractivity contribution >= 4 is 5.91 Å². The first-order valence-corrected chi connectivity index (χ1v) is 7.06. The van der Waals surface area contributed by atoms with Gasteiger partial charge in [0.05, 0.1) is 11.5 Å². The van der Waals surface area contributed by atoms with E-state index in [1.807, 2.05) is 13.8 Å². The van der Waals surface area contributed by atoms with Crippen molar-refractivity contribution in [1.29, 1.82) is 0 Å². The Bertz CT molecular complexity index is 454. The van der Waals surface area contributed by atoms with Gasteiger partial charge in [0.2, 0.25) is 5.91 Å². The topological polar surface area (TPSA) is 55.1 Å². The van der Waals surface area contributed by atoms with Crippen LogP contribution < -0.4 is 11.1 Å². The molecular weight excluding hydrogens is 236 g/mol. The minimum atomic E-state index is -0.404. The first kappa shape index (κ1) is 14.1. The summed E-state index contributed by atoms with van der Waals surface area (Å²) in [5, 5.41) is 3.11. The molecule has 3 heteroatoms. The minimum Gasteiger partial charge on any atom is -0.349 e. The highest BCUT2D eigenvalue weighted by atomic mass is 16.2. The van der Waals surface area contributed by atoms with Crippen molar-refractivity contribution in [3.8, 4) is 0 Å². The van der Waals surface area contributed by atoms with Gasteiger partial charge in [-0.2, -0.15) is 0 Å². The molecule has 1 aromatic rings. The maximum absolute atomic E-state index is 12.4. The SMILES string of the molecule is Cc1ccc(C(C)NC(=O)C2(C)CCCC2N)cc1. The largest absolute Gasteiger partial charge is 0.349 e. The fraction of sp³-hybridized carbons (Fsp3) is 0.562. The van der Waals surface area contributed by atoms with E-state index < -0.39 is 5.41 Å². The lowest BCUT2D eigenvalue weighted by Crippen LogP contribution is -2.47. The van der Waals surface area contributed by atoms with E-state index in [-0.39, 0.29) is 18.0 Å². The zero-order chi connectivity index (χ0) is 14.0. The van der Waals surface area contributed by atoms with Crippen LogP contribution in [-0.2, 0) is 4.79 Å². The number of nitrogens with two attached hydrogens (primary N) is 1. The lowest BCUT2D eigenvalue weighted by atomic mass is 9.84. The summed E-state index contributed by atoms with van der Waals surface area (Å²) < 4.78 is 0. The van der Waals surface area contributed by atoms with Gasteiger partial charge >= 0.3 is 0 Å². The number of amides is 1. The van der Waals surface area contributed by atoms with Gasteiger partial charge in [-0.05, 0) is 39.2 Å². The summed E-state index contributed by atoms with van der Waals surface area (Å²) in [5.74, 6) is 0.0885. The molecule has 2 rings (SSSR count). The molecule has 0 aromatic heterocycles. The molecule has 0 aliphatic heterocycles. The molecule has 0 saturated heterocycles. The van der Waals surface area contributed by atoms with Crippen molar-refractivity contribution in [2.24, 2.45) is 11.1 Å². The highest BCUT2D eigenvalue weighted by Crippen LogP contribution is 2.37. The van der Waals surface area contributed by atoms with Gasteiger partial charge in [0.1, 0.15) is 0 Å². The van der Waals surface area contributed by atoms with E-state index in [4.69, 9.17) is 5.73 Å². The van der Waals surface area contributed by atoms with Crippen LogP contribution in [0.5, 0.6) is 0 Å². The molecule has 3 nitrogen and oxygen atoms in total. The van der Waals surface area contributed by atoms with Gasteiger partial charge < -0.3 is 11.1 Å². The predicted molar refractivity (Wildman–Crippen MR) is 77.7 cm³/mol. The van der Waals surface area contributed by atoms with Crippen LogP contribution in [-0.4, -0.2) is 11.9 Å². The molecule has 0 radical (unpaired) electrons. The maximum Gasteiger partial charge on any atom is 0.227 e. The highest BCUT2D eigenvalue weighted by Gasteiger charge is 2.43. The molecule has 1 aliphatic rings. The predicted octanol–water partition coefficient (Wildman–Crippen LogP) is 2.69. The van der Waals surface area contributed by atoms with Crippen LogP contribution in [0.1, 0.15) is 50.3 Å². The Morgan fingerprint density at radius 2 is 2.05 bits per heavy atom. The minimum absolute atomic E-state index is 0.0160. The molecule has 0 bridgehead atoms. The Balaban J connectivity index is 2.04. The molecule has 0 heterocycles. The van der Waals surface area contributed by atoms with Crippen molar-refractivity contribution in [2.45, 2.75) is 52.1 Å². The van der Waals surface area contributed by atoms with E-state index in [0.29, 0.717) is 0 Å². The Hall–Kier alpha value is -1.35. The van der Waals surface area contributed by atoms with Gasteiger partial charge in [0.25, 0.3) is 0 Å². The molecule has 1 saturated carbocycles. The summed E-state index contributed by atoms with van der Waals surface area (Å²) >= 11 is 0. The van der Waals surface area contributed by atoms with Gasteiger partial charge in [-0.1, -0.05) is 36.2 Å². The molecule has 3 unspecified atom stereocenters. The lowest BCUT2D eigenvalue weighted by molar-refractivity contribution is -0.131. The third kappa shape index (κ3) is 2.81. The molecule has 3 atom stereocenters. The van der Waals surface area contributed by atoms with Crippen molar-refractivity contribution in [3.63, 3.8) is 0 Å². The second-order valence-electron chi connectivity index (χ2n) is 6.02. The van der Waals surface area contributed by atoms with Gasteiger partial charge in [-0.15, -0.1) is 0 Å². The van der Waals surface area contributed by atoms with Crippen LogP contribution in [0, 0.1) is 12.3 Å². The summed E-state index contributed by atoms with van der Waals surface area (Å²) in [5.41, 5.74) is 8.05. The number of carbonyl (C=O) groups is 1. The van der Waals surface area contributed by atoms with Crippen molar-refractivity contribution < 1.29 is 4.79 Å². The monoisotopic (exact) mass is 260 g/mol. The number of hydrogen-bond acceptors (Lipinski definition) is 2. The molecule has 3 N–H and O–H groups in total. The third-order valence-corrected chi connectivity index (χ3v) is 4.47. The average Bonchev–Trinajstić information content (AvgIpc) is 2.71. The van der Waals surface area contributed by atoms with Crippen LogP contribution in [0.15, 0.2) is 24.3 Å². The average molecular weight is 260 g/mol. The summed E-state index contributed by atoms with van der Waals surface area (Å²) in [7, 11) is 0. The number of rotatable bonds is 3. The van der Waals surface area contributed by atoms with E-state index in [2.05, 4.69) is 36.5 Å². The van der Waals surface area contributed by atoms with E-state index >= 15 is 0 Å². The fourth-order valence-corrected chi connectivity index (χ4v) is 2.78. The van der Waals surface area contributed by atoms with Crippen LogP contribution in [0.25, 0.3) is 0 Å². The first-order chi connectivity index (χ1) is 8.93. The summed E-state index contributed by atoms with van der Waals surface area (Å²) in [6.45, 7) is 6.07. The zero-order valence-electron chi connectivity index (χ0n) is 12.1. The van der Waals surface area contributed by atoms with Gasteiger partial charge in [-0.25, -0.2) is 0 Å². The summed E-state index contributed by atoms with van der Waals surface area (Å²) in [4.78, 5) is 12.4. The summed E-state index contributed by atoms with van der Waals surface area (Å²) in [6, 6.07) is 8.28. The summed E-state index contributed by atoms with van der Waals surface area (Å²) in [6.07, 6.45) is 2.88. The van der Waals surface area contributed by atoms with Crippen molar-refractivity contribution in [3.05, 3.63) is 35.4 Å². The van der Waals surface area contributed by atoms with E-state index in [0.717, 1.165) is 24.8 Å². The number of aryl methyl sites for hydroxylation is 1. The molecule has 1 fully saturated rings. The van der Waals surface area contributed by atoms with Gasteiger partial charge in [-0.3, -0.25) is 4.79 Å². The Morgan fingerprint density at radius 3 is 2.58 bits per heavy atom. The molecule has 1 amide bonds. The smallest absolute Gasteiger partial charge is 0.227 e. The van der Waals surface area contributed by atoms with E-state index in [9.17, 15) is 4.79 Å². The van der Waals surface area contributed by atoms with E-state index in [1.165, 1.54) is 5.56 Å². The number of nitrogens with one attached hydrogen (secondary N) is 1. The second-order valence-corrected chi connectivity index (χ2v) is 6.02. The number of benzene rings is 1. The Kier molecular flexibility index (Phi) is 3.95. The van der Waals surface area contributed by atoms with Crippen molar-refractivity contribution in [2.75, 3.05) is 0 Å². The van der Waals surface area contributed by atoms with Gasteiger partial charge in [0.15, 0.2) is 0 Å². The normalized spacial score (nSPS) is 28.1. The van der Waals surface area contributed by atoms with Crippen LogP contribution in [0.4, 0.5) is 0 Å². The van der Waals surface area contributed by atoms with Crippen LogP contribution >= 0.6 is 0 Å². The Labute approximate surface area is 115 Å². The first-order valence-electron chi connectivity index (χ1n) is 7.06. The zero-order valence-corrected chi connectivity index (χ0v) is 12.1. The van der Waals surface area contributed by atoms with E-state index in [1.54, 1.807) is 0 Å². The number of carbonyl (C=O) groups excluding carboxylic acids is 1. The molecule has 0 spiro atoms. The van der Waals surface area contributed by atoms with Crippen molar-refractivity contribution in [1.82, 2.24) is 5.32 Å². The molecule has 1 aliphatic carbocycles. The van der Waals surface area contributed by atoms with Crippen LogP contribution in [0.2, 0.25) is 0 Å². The molecule has 1 aromatic carbocycles. The third-order valence-electron chi connectivity index (χ3n) is 4.47. The van der Waals surface area contributed by atoms with Gasteiger partial charge in [0, 0.05) is 6.04 Å².